The highest BCUT2D eigenvalue weighted by Crippen LogP contribution is 2.31. The maximum absolute atomic E-state index is 13.8. The fraction of sp³-hybridized carbons (Fsp3) is 0.216. The predicted molar refractivity (Wildman–Crippen MR) is 172 cm³/mol. The lowest BCUT2D eigenvalue weighted by molar-refractivity contribution is -0.118. The van der Waals surface area contributed by atoms with Gasteiger partial charge in [-0.05, 0) is 91.9 Å². The molecule has 1 N–H and O–H groups in total. The van der Waals surface area contributed by atoms with E-state index in [0.29, 0.717) is 35.4 Å². The molecule has 5 aromatic rings. The summed E-state index contributed by atoms with van der Waals surface area (Å²) in [5, 5.41) is 10.8. The normalized spacial score (nSPS) is 10.9. The van der Waals surface area contributed by atoms with Crippen molar-refractivity contribution < 1.29 is 33.4 Å². The lowest BCUT2D eigenvalue weighted by Crippen LogP contribution is -2.30. The zero-order valence-corrected chi connectivity index (χ0v) is 25.5. The van der Waals surface area contributed by atoms with Gasteiger partial charge in [0.15, 0.2) is 0 Å². The Morgan fingerprint density at radius 2 is 1.44 bits per heavy atom. The molecule has 0 spiro atoms. The van der Waals surface area contributed by atoms with Gasteiger partial charge in [-0.15, -0.1) is 0 Å². The van der Waals surface area contributed by atoms with E-state index in [1.54, 1.807) is 68.1 Å². The summed E-state index contributed by atoms with van der Waals surface area (Å²) in [4.78, 5) is 39.8. The van der Waals surface area contributed by atoms with E-state index < -0.39 is 5.97 Å². The average Bonchev–Trinajstić information content (AvgIpc) is 3.38. The van der Waals surface area contributed by atoms with E-state index in [9.17, 15) is 19.5 Å². The number of benzene rings is 4. The number of phenols is 1. The van der Waals surface area contributed by atoms with E-state index in [2.05, 4.69) is 0 Å². The van der Waals surface area contributed by atoms with Crippen LogP contribution in [0.2, 0.25) is 0 Å². The SMILES string of the molecule is CCOC(=O)c1ccc(-c2ccc(CCC(=O)N(Cc3cccc(O)c3)c3ccc4oc(C(=O)OCC)c(C)c4c3)cc2)cc1. The van der Waals surface area contributed by atoms with Gasteiger partial charge in [0, 0.05) is 23.1 Å². The smallest absolute Gasteiger partial charge is 0.374 e. The Kier molecular flexibility index (Phi) is 9.63. The van der Waals surface area contributed by atoms with Crippen LogP contribution in [0.25, 0.3) is 22.1 Å². The van der Waals surface area contributed by atoms with Crippen LogP contribution >= 0.6 is 0 Å². The minimum Gasteiger partial charge on any atom is -0.508 e. The standard InChI is InChI=1S/C37H35NO7/c1-4-43-36(41)29-16-14-28(15-17-29)27-12-9-25(10-13-27)11-20-34(40)38(23-26-7-6-8-31(39)21-26)30-18-19-33-32(22-30)24(3)35(45-33)37(42)44-5-2/h6-10,12-19,21-22,39H,4-5,11,20,23H2,1-3H3. The maximum Gasteiger partial charge on any atom is 0.374 e. The van der Waals surface area contributed by atoms with E-state index >= 15 is 0 Å². The summed E-state index contributed by atoms with van der Waals surface area (Å²) in [7, 11) is 0. The number of amides is 1. The number of rotatable bonds is 11. The number of esters is 2. The van der Waals surface area contributed by atoms with E-state index in [1.165, 1.54) is 0 Å². The highest BCUT2D eigenvalue weighted by molar-refractivity contribution is 5.99. The molecule has 0 saturated carbocycles. The number of ether oxygens (including phenoxy) is 2. The molecule has 5 rings (SSSR count). The lowest BCUT2D eigenvalue weighted by Gasteiger charge is -2.23. The number of phenolic OH excluding ortho intramolecular Hbond substituents is 1. The van der Waals surface area contributed by atoms with Gasteiger partial charge in [-0.2, -0.15) is 0 Å². The molecule has 0 fully saturated rings. The molecule has 1 amide bonds. The van der Waals surface area contributed by atoms with Crippen molar-refractivity contribution in [3.63, 3.8) is 0 Å². The fourth-order valence-corrected chi connectivity index (χ4v) is 5.19. The molecule has 0 atom stereocenters. The molecular weight excluding hydrogens is 570 g/mol. The molecular formula is C37H35NO7. The van der Waals surface area contributed by atoms with Gasteiger partial charge in [0.1, 0.15) is 11.3 Å². The quantitative estimate of drug-likeness (QED) is 0.154. The highest BCUT2D eigenvalue weighted by atomic mass is 16.5. The van der Waals surface area contributed by atoms with Gasteiger partial charge in [0.25, 0.3) is 0 Å². The van der Waals surface area contributed by atoms with Crippen molar-refractivity contribution >= 4 is 34.5 Å². The second-order valence-corrected chi connectivity index (χ2v) is 10.6. The number of fused-ring (bicyclic) bond motifs is 1. The van der Waals surface area contributed by atoms with Crippen LogP contribution in [0.3, 0.4) is 0 Å². The van der Waals surface area contributed by atoms with Gasteiger partial charge in [0.05, 0.1) is 25.3 Å². The molecule has 0 aliphatic rings. The number of carbonyl (C=O) groups excluding carboxylic acids is 3. The van der Waals surface area contributed by atoms with E-state index in [-0.39, 0.29) is 43.0 Å². The molecule has 0 radical (unpaired) electrons. The van der Waals surface area contributed by atoms with E-state index in [4.69, 9.17) is 13.9 Å². The van der Waals surface area contributed by atoms with Crippen LogP contribution in [0.4, 0.5) is 5.69 Å². The zero-order valence-electron chi connectivity index (χ0n) is 25.5. The van der Waals surface area contributed by atoms with Crippen LogP contribution in [-0.2, 0) is 27.2 Å². The monoisotopic (exact) mass is 605 g/mol. The minimum absolute atomic E-state index is 0.0944. The van der Waals surface area contributed by atoms with Crippen LogP contribution in [0, 0.1) is 6.92 Å². The first-order valence-electron chi connectivity index (χ1n) is 14.9. The van der Waals surface area contributed by atoms with Crippen LogP contribution in [0.1, 0.15) is 57.9 Å². The molecule has 1 heterocycles. The Labute approximate surface area is 261 Å². The maximum atomic E-state index is 13.8. The first-order valence-corrected chi connectivity index (χ1v) is 14.9. The van der Waals surface area contributed by atoms with Crippen molar-refractivity contribution in [1.82, 2.24) is 0 Å². The van der Waals surface area contributed by atoms with Gasteiger partial charge in [0.2, 0.25) is 11.7 Å². The third-order valence-corrected chi connectivity index (χ3v) is 7.56. The van der Waals surface area contributed by atoms with Gasteiger partial charge in [-0.3, -0.25) is 4.79 Å². The molecule has 1 aromatic heterocycles. The van der Waals surface area contributed by atoms with Crippen LogP contribution in [-0.4, -0.2) is 36.2 Å². The summed E-state index contributed by atoms with van der Waals surface area (Å²) in [6.45, 7) is 6.12. The molecule has 8 nitrogen and oxygen atoms in total. The molecule has 0 aliphatic heterocycles. The Hall–Kier alpha value is -5.37. The van der Waals surface area contributed by atoms with Crippen molar-refractivity contribution in [2.75, 3.05) is 18.1 Å². The average molecular weight is 606 g/mol. The fourth-order valence-electron chi connectivity index (χ4n) is 5.19. The summed E-state index contributed by atoms with van der Waals surface area (Å²) in [5.74, 6) is -0.698. The molecule has 0 saturated heterocycles. The first-order chi connectivity index (χ1) is 21.8. The van der Waals surface area contributed by atoms with Crippen molar-refractivity contribution in [3.05, 3.63) is 119 Å². The molecule has 4 aromatic carbocycles. The minimum atomic E-state index is -0.528. The Morgan fingerprint density at radius 3 is 2.11 bits per heavy atom. The Bertz CT molecular complexity index is 1820. The summed E-state index contributed by atoms with van der Waals surface area (Å²) < 4.78 is 16.0. The molecule has 0 unspecified atom stereocenters. The Morgan fingerprint density at radius 1 is 0.778 bits per heavy atom. The third kappa shape index (κ3) is 7.24. The largest absolute Gasteiger partial charge is 0.508 e. The van der Waals surface area contributed by atoms with Gasteiger partial charge < -0.3 is 23.9 Å². The number of nitrogens with zero attached hydrogens (tertiary/aromatic N) is 1. The number of hydrogen-bond donors (Lipinski definition) is 1. The third-order valence-electron chi connectivity index (χ3n) is 7.56. The second kappa shape index (κ2) is 13.9. The predicted octanol–water partition coefficient (Wildman–Crippen LogP) is 7.63. The molecule has 8 heteroatoms. The number of anilines is 1. The first kappa shape index (κ1) is 31.1. The summed E-state index contributed by atoms with van der Waals surface area (Å²) in [6.07, 6.45) is 0.778. The molecule has 0 bridgehead atoms. The molecule has 0 aliphatic carbocycles. The van der Waals surface area contributed by atoms with Crippen molar-refractivity contribution in [2.24, 2.45) is 0 Å². The van der Waals surface area contributed by atoms with Crippen molar-refractivity contribution in [3.8, 4) is 16.9 Å². The van der Waals surface area contributed by atoms with Gasteiger partial charge in [-0.25, -0.2) is 9.59 Å². The lowest BCUT2D eigenvalue weighted by atomic mass is 10.0. The van der Waals surface area contributed by atoms with E-state index in [0.717, 1.165) is 27.6 Å². The number of aryl methyl sites for hydroxylation is 2. The van der Waals surface area contributed by atoms with Crippen LogP contribution in [0.5, 0.6) is 5.75 Å². The number of carbonyl (C=O) groups is 3. The van der Waals surface area contributed by atoms with Crippen LogP contribution in [0.15, 0.2) is 95.4 Å². The van der Waals surface area contributed by atoms with Gasteiger partial charge >= 0.3 is 11.9 Å². The molecule has 230 valence electrons. The summed E-state index contributed by atoms with van der Waals surface area (Å²) in [5.41, 5.74) is 6.08. The highest BCUT2D eigenvalue weighted by Gasteiger charge is 2.22. The summed E-state index contributed by atoms with van der Waals surface area (Å²) >= 11 is 0. The van der Waals surface area contributed by atoms with Crippen molar-refractivity contribution in [1.29, 1.82) is 0 Å². The topological polar surface area (TPSA) is 106 Å². The van der Waals surface area contributed by atoms with Gasteiger partial charge in [-0.1, -0.05) is 48.5 Å². The number of aromatic hydroxyl groups is 1. The second-order valence-electron chi connectivity index (χ2n) is 10.6. The Balaban J connectivity index is 1.34. The zero-order chi connectivity index (χ0) is 31.9. The molecule has 45 heavy (non-hydrogen) atoms. The van der Waals surface area contributed by atoms with Crippen LogP contribution < -0.4 is 4.90 Å². The number of furan rings is 1. The number of hydrogen-bond acceptors (Lipinski definition) is 7. The van der Waals surface area contributed by atoms with Crippen molar-refractivity contribution in [2.45, 2.75) is 40.2 Å². The summed E-state index contributed by atoms with van der Waals surface area (Å²) in [6, 6.07) is 27.5. The van der Waals surface area contributed by atoms with E-state index in [1.807, 2.05) is 48.5 Å².